The van der Waals surface area contributed by atoms with Crippen molar-refractivity contribution in [3.05, 3.63) is 34.6 Å². The molecule has 1 heterocycles. The van der Waals surface area contributed by atoms with E-state index in [1.807, 2.05) is 18.2 Å². The normalized spacial score (nSPS) is 11.4. The molecule has 2 rings (SSSR count). The second-order valence-electron chi connectivity index (χ2n) is 4.89. The molecule has 7 nitrogen and oxygen atoms in total. The van der Waals surface area contributed by atoms with Crippen LogP contribution in [0.4, 0.5) is 0 Å². The average molecular weight is 402 g/mol. The van der Waals surface area contributed by atoms with Gasteiger partial charge in [0.05, 0.1) is 5.75 Å². The van der Waals surface area contributed by atoms with Crippen LogP contribution in [-0.2, 0) is 20.4 Å². The minimum Gasteiger partial charge on any atom is -0.359 e. The lowest BCUT2D eigenvalue weighted by molar-refractivity contribution is -0.120. The Balaban J connectivity index is 1.99. The van der Waals surface area contributed by atoms with Crippen LogP contribution >= 0.6 is 15.9 Å². The lowest BCUT2D eigenvalue weighted by Gasteiger charge is -2.01. The quantitative estimate of drug-likeness (QED) is 0.760. The molecule has 124 valence electrons. The fraction of sp³-hybridized carbons (Fsp3) is 0.357. The molecule has 0 aliphatic rings. The maximum Gasteiger partial charge on any atom is 0.242 e. The molecule has 2 aromatic rings. The highest BCUT2D eigenvalue weighted by Crippen LogP contribution is 2.20. The Bertz CT molecular complexity index is 789. The zero-order valence-electron chi connectivity index (χ0n) is 12.5. The van der Waals surface area contributed by atoms with Gasteiger partial charge in [-0.3, -0.25) is 4.79 Å². The molecule has 0 spiro atoms. The highest BCUT2D eigenvalue weighted by Gasteiger charge is 2.18. The summed E-state index contributed by atoms with van der Waals surface area (Å²) < 4.78 is 29.9. The molecule has 1 aromatic heterocycles. The van der Waals surface area contributed by atoms with Gasteiger partial charge < -0.3 is 9.84 Å². The Hall–Kier alpha value is -1.74. The summed E-state index contributed by atoms with van der Waals surface area (Å²) in [7, 11) is -1.89. The van der Waals surface area contributed by atoms with Crippen LogP contribution in [0.2, 0.25) is 0 Å². The first kappa shape index (κ1) is 17.6. The van der Waals surface area contributed by atoms with Gasteiger partial charge >= 0.3 is 0 Å². The third kappa shape index (κ3) is 5.43. The first-order valence-electron chi connectivity index (χ1n) is 6.89. The number of carbonyl (C=O) groups excluding carboxylic acids is 1. The van der Waals surface area contributed by atoms with Crippen molar-refractivity contribution in [2.75, 3.05) is 12.8 Å². The number of nitrogens with one attached hydrogen (secondary N) is 1. The van der Waals surface area contributed by atoms with Crippen LogP contribution < -0.4 is 5.32 Å². The van der Waals surface area contributed by atoms with Gasteiger partial charge in [0.2, 0.25) is 17.6 Å². The SMILES string of the molecule is CNC(=O)CCCS(=O)(=O)Cc1nc(-c2cccc(Br)c2)no1. The molecule has 1 aromatic carbocycles. The van der Waals surface area contributed by atoms with Crippen LogP contribution in [0.5, 0.6) is 0 Å². The van der Waals surface area contributed by atoms with Gasteiger partial charge in [0.25, 0.3) is 0 Å². The molecule has 0 radical (unpaired) electrons. The van der Waals surface area contributed by atoms with Gasteiger partial charge in [-0.05, 0) is 18.6 Å². The lowest BCUT2D eigenvalue weighted by atomic mass is 10.2. The van der Waals surface area contributed by atoms with Crippen molar-refractivity contribution in [1.82, 2.24) is 15.5 Å². The summed E-state index contributed by atoms with van der Waals surface area (Å²) in [4.78, 5) is 15.2. The number of aromatic nitrogens is 2. The highest BCUT2D eigenvalue weighted by molar-refractivity contribution is 9.10. The number of nitrogens with zero attached hydrogens (tertiary/aromatic N) is 2. The second-order valence-corrected chi connectivity index (χ2v) is 7.99. The van der Waals surface area contributed by atoms with Crippen LogP contribution in [0.1, 0.15) is 18.7 Å². The molecule has 1 N–H and O–H groups in total. The molecule has 9 heteroatoms. The van der Waals surface area contributed by atoms with Gasteiger partial charge in [0.15, 0.2) is 9.84 Å². The van der Waals surface area contributed by atoms with Gasteiger partial charge in [-0.1, -0.05) is 33.2 Å². The summed E-state index contributed by atoms with van der Waals surface area (Å²) in [6.07, 6.45) is 0.428. The Morgan fingerprint density at radius 3 is 2.87 bits per heavy atom. The minimum absolute atomic E-state index is 0.0416. The predicted octanol–water partition coefficient (Wildman–Crippen LogP) is 1.94. The van der Waals surface area contributed by atoms with Crippen molar-refractivity contribution >= 4 is 31.7 Å². The monoisotopic (exact) mass is 401 g/mol. The summed E-state index contributed by atoms with van der Waals surface area (Å²) in [5, 5.41) is 6.25. The van der Waals surface area contributed by atoms with Crippen molar-refractivity contribution in [2.24, 2.45) is 0 Å². The van der Waals surface area contributed by atoms with E-state index in [2.05, 4.69) is 31.4 Å². The minimum atomic E-state index is -3.40. The number of amides is 1. The van der Waals surface area contributed by atoms with Gasteiger partial charge in [0.1, 0.15) is 5.75 Å². The smallest absolute Gasteiger partial charge is 0.242 e. The molecular formula is C14H16BrN3O4S. The van der Waals surface area contributed by atoms with Crippen LogP contribution in [0.15, 0.2) is 33.3 Å². The van der Waals surface area contributed by atoms with E-state index in [1.54, 1.807) is 6.07 Å². The highest BCUT2D eigenvalue weighted by atomic mass is 79.9. The number of sulfone groups is 1. The van der Waals surface area contributed by atoms with E-state index < -0.39 is 9.84 Å². The molecule has 0 saturated heterocycles. The van der Waals surface area contributed by atoms with Gasteiger partial charge in [0, 0.05) is 23.5 Å². The number of carbonyl (C=O) groups is 1. The molecule has 0 fully saturated rings. The molecule has 0 unspecified atom stereocenters. The molecule has 0 aliphatic heterocycles. The van der Waals surface area contributed by atoms with Crippen molar-refractivity contribution in [1.29, 1.82) is 0 Å². The summed E-state index contributed by atoms with van der Waals surface area (Å²) in [6, 6.07) is 7.30. The van der Waals surface area contributed by atoms with Crippen LogP contribution in [0.3, 0.4) is 0 Å². The van der Waals surface area contributed by atoms with E-state index in [0.29, 0.717) is 5.82 Å². The van der Waals surface area contributed by atoms with Crippen molar-refractivity contribution < 1.29 is 17.7 Å². The van der Waals surface area contributed by atoms with Crippen LogP contribution in [-0.4, -0.2) is 37.3 Å². The maximum absolute atomic E-state index is 12.0. The van der Waals surface area contributed by atoms with Gasteiger partial charge in [-0.25, -0.2) is 8.42 Å². The Labute approximate surface area is 142 Å². The third-order valence-corrected chi connectivity index (χ3v) is 5.12. The maximum atomic E-state index is 12.0. The first-order chi connectivity index (χ1) is 10.9. The molecule has 0 bridgehead atoms. The largest absolute Gasteiger partial charge is 0.359 e. The van der Waals surface area contributed by atoms with E-state index in [1.165, 1.54) is 7.05 Å². The van der Waals surface area contributed by atoms with Crippen LogP contribution in [0.25, 0.3) is 11.4 Å². The van der Waals surface area contributed by atoms with E-state index in [-0.39, 0.29) is 36.1 Å². The van der Waals surface area contributed by atoms with Crippen LogP contribution in [0, 0.1) is 0 Å². The molecule has 0 atom stereocenters. The summed E-state index contributed by atoms with van der Waals surface area (Å²) >= 11 is 3.35. The molecule has 0 saturated carbocycles. The molecular weight excluding hydrogens is 386 g/mol. The fourth-order valence-corrected chi connectivity index (χ4v) is 3.52. The molecule has 0 aliphatic carbocycles. The first-order valence-corrected chi connectivity index (χ1v) is 9.50. The molecule has 1 amide bonds. The average Bonchev–Trinajstić information content (AvgIpc) is 2.94. The fourth-order valence-electron chi connectivity index (χ4n) is 1.90. The second kappa shape index (κ2) is 7.69. The Morgan fingerprint density at radius 2 is 2.17 bits per heavy atom. The van der Waals surface area contributed by atoms with Crippen molar-refractivity contribution in [2.45, 2.75) is 18.6 Å². The van der Waals surface area contributed by atoms with E-state index >= 15 is 0 Å². The third-order valence-electron chi connectivity index (χ3n) is 3.03. The van der Waals surface area contributed by atoms with E-state index in [0.717, 1.165) is 10.0 Å². The zero-order chi connectivity index (χ0) is 16.9. The van der Waals surface area contributed by atoms with Gasteiger partial charge in [-0.15, -0.1) is 0 Å². The Kier molecular flexibility index (Phi) is 5.89. The Morgan fingerprint density at radius 1 is 1.39 bits per heavy atom. The summed E-state index contributed by atoms with van der Waals surface area (Å²) in [5.41, 5.74) is 0.728. The topological polar surface area (TPSA) is 102 Å². The predicted molar refractivity (Wildman–Crippen MR) is 88.2 cm³/mol. The van der Waals surface area contributed by atoms with E-state index in [9.17, 15) is 13.2 Å². The molecule has 23 heavy (non-hydrogen) atoms. The number of benzene rings is 1. The number of hydrogen-bond donors (Lipinski definition) is 1. The zero-order valence-corrected chi connectivity index (χ0v) is 14.9. The number of hydrogen-bond acceptors (Lipinski definition) is 6. The number of rotatable bonds is 7. The van der Waals surface area contributed by atoms with Crippen molar-refractivity contribution in [3.8, 4) is 11.4 Å². The van der Waals surface area contributed by atoms with Crippen molar-refractivity contribution in [3.63, 3.8) is 0 Å². The number of halogens is 1. The van der Waals surface area contributed by atoms with Gasteiger partial charge in [-0.2, -0.15) is 4.98 Å². The standard InChI is InChI=1S/C14H16BrN3O4S/c1-16-12(19)6-3-7-23(20,21)9-13-17-14(18-22-13)10-4-2-5-11(15)8-10/h2,4-5,8H,3,6-7,9H2,1H3,(H,16,19). The summed E-state index contributed by atoms with van der Waals surface area (Å²) in [5.74, 6) is -0.242. The van der Waals surface area contributed by atoms with E-state index in [4.69, 9.17) is 4.52 Å². The lowest BCUT2D eigenvalue weighted by Crippen LogP contribution is -2.19. The summed E-state index contributed by atoms with van der Waals surface area (Å²) in [6.45, 7) is 0.